The predicted molar refractivity (Wildman–Crippen MR) is 93.8 cm³/mol. The number of benzene rings is 1. The van der Waals surface area contributed by atoms with Crippen molar-refractivity contribution in [3.8, 4) is 17.6 Å². The van der Waals surface area contributed by atoms with Crippen LogP contribution in [0.3, 0.4) is 0 Å². The first kappa shape index (κ1) is 18.0. The van der Waals surface area contributed by atoms with Gasteiger partial charge in [-0.2, -0.15) is 5.26 Å². The van der Waals surface area contributed by atoms with Crippen molar-refractivity contribution in [3.05, 3.63) is 18.2 Å². The molecule has 0 aliphatic carbocycles. The monoisotopic (exact) mass is 334 g/mol. The van der Waals surface area contributed by atoms with E-state index in [-0.39, 0.29) is 5.41 Å². The minimum Gasteiger partial charge on any atom is -0.486 e. The van der Waals surface area contributed by atoms with Crippen LogP contribution < -0.4 is 9.47 Å². The topological polar surface area (TPSA) is 45.5 Å². The van der Waals surface area contributed by atoms with E-state index in [0.717, 1.165) is 37.4 Å². The van der Waals surface area contributed by atoms with Crippen molar-refractivity contribution in [2.45, 2.75) is 44.9 Å². The zero-order valence-corrected chi connectivity index (χ0v) is 15.1. The van der Waals surface area contributed by atoms with E-state index in [2.05, 4.69) is 43.3 Å². The van der Waals surface area contributed by atoms with Crippen LogP contribution in [0, 0.1) is 16.7 Å². The number of hydrogen-bond donors (Lipinski definition) is 0. The SMILES string of the molecule is CCN(CC(C)(C)CCCC#N)Sc1ccc2c(c1)OCCO2. The summed E-state index contributed by atoms with van der Waals surface area (Å²) < 4.78 is 13.6. The Balaban J connectivity index is 1.95. The van der Waals surface area contributed by atoms with Gasteiger partial charge in [-0.05, 0) is 48.4 Å². The fourth-order valence-electron chi connectivity index (χ4n) is 2.64. The summed E-state index contributed by atoms with van der Waals surface area (Å²) in [4.78, 5) is 1.17. The van der Waals surface area contributed by atoms with E-state index in [1.54, 1.807) is 11.9 Å². The zero-order chi connectivity index (χ0) is 16.7. The van der Waals surface area contributed by atoms with E-state index in [4.69, 9.17) is 14.7 Å². The van der Waals surface area contributed by atoms with Crippen molar-refractivity contribution >= 4 is 11.9 Å². The number of nitriles is 1. The lowest BCUT2D eigenvalue weighted by Gasteiger charge is -2.31. The molecule has 0 radical (unpaired) electrons. The quantitative estimate of drug-likeness (QED) is 0.517. The number of hydrogen-bond acceptors (Lipinski definition) is 5. The van der Waals surface area contributed by atoms with Gasteiger partial charge in [-0.3, -0.25) is 0 Å². The highest BCUT2D eigenvalue weighted by Gasteiger charge is 2.22. The Morgan fingerprint density at radius 3 is 2.70 bits per heavy atom. The summed E-state index contributed by atoms with van der Waals surface area (Å²) in [6.07, 6.45) is 2.68. The molecule has 0 fully saturated rings. The van der Waals surface area contributed by atoms with Crippen LogP contribution in [0.2, 0.25) is 0 Å². The summed E-state index contributed by atoms with van der Waals surface area (Å²) in [6.45, 7) is 9.93. The third-order valence-corrected chi connectivity index (χ3v) is 4.96. The Morgan fingerprint density at radius 2 is 2.00 bits per heavy atom. The van der Waals surface area contributed by atoms with E-state index in [9.17, 15) is 0 Å². The average Bonchev–Trinajstić information content (AvgIpc) is 2.54. The molecule has 5 heteroatoms. The molecule has 0 bridgehead atoms. The third kappa shape index (κ3) is 5.63. The van der Waals surface area contributed by atoms with Gasteiger partial charge < -0.3 is 9.47 Å². The van der Waals surface area contributed by atoms with Crippen molar-refractivity contribution in [2.75, 3.05) is 26.3 Å². The third-order valence-electron chi connectivity index (χ3n) is 3.85. The molecule has 1 aromatic rings. The molecular formula is C18H26N2O2S. The molecule has 1 aliphatic rings. The normalized spacial score (nSPS) is 13.9. The van der Waals surface area contributed by atoms with Crippen LogP contribution in [0.25, 0.3) is 0 Å². The van der Waals surface area contributed by atoms with Gasteiger partial charge in [0.15, 0.2) is 11.5 Å². The molecule has 1 heterocycles. The van der Waals surface area contributed by atoms with Crippen molar-refractivity contribution < 1.29 is 9.47 Å². The van der Waals surface area contributed by atoms with Crippen LogP contribution in [0.15, 0.2) is 23.1 Å². The van der Waals surface area contributed by atoms with Gasteiger partial charge >= 0.3 is 0 Å². The van der Waals surface area contributed by atoms with Crippen LogP contribution >= 0.6 is 11.9 Å². The van der Waals surface area contributed by atoms with Gasteiger partial charge in [-0.15, -0.1) is 0 Å². The van der Waals surface area contributed by atoms with Crippen molar-refractivity contribution in [1.29, 1.82) is 5.26 Å². The molecule has 0 N–H and O–H groups in total. The number of fused-ring (bicyclic) bond motifs is 1. The molecule has 0 saturated heterocycles. The molecule has 0 saturated carbocycles. The molecule has 0 spiro atoms. The maximum absolute atomic E-state index is 8.70. The maximum atomic E-state index is 8.70. The van der Waals surface area contributed by atoms with E-state index in [1.807, 2.05) is 6.07 Å². The molecule has 0 unspecified atom stereocenters. The van der Waals surface area contributed by atoms with Crippen LogP contribution in [0.4, 0.5) is 0 Å². The highest BCUT2D eigenvalue weighted by atomic mass is 32.2. The van der Waals surface area contributed by atoms with E-state index < -0.39 is 0 Å². The molecule has 0 aromatic heterocycles. The predicted octanol–water partition coefficient (Wildman–Crippen LogP) is 4.51. The number of ether oxygens (including phenoxy) is 2. The summed E-state index contributed by atoms with van der Waals surface area (Å²) in [5.41, 5.74) is 0.202. The Kier molecular flexibility index (Phi) is 6.61. The summed E-state index contributed by atoms with van der Waals surface area (Å²) in [5, 5.41) is 8.70. The first-order chi connectivity index (χ1) is 11.0. The molecule has 0 amide bonds. The lowest BCUT2D eigenvalue weighted by molar-refractivity contribution is 0.171. The highest BCUT2D eigenvalue weighted by Crippen LogP contribution is 2.36. The molecule has 4 nitrogen and oxygen atoms in total. The molecular weight excluding hydrogens is 308 g/mol. The lowest BCUT2D eigenvalue weighted by Crippen LogP contribution is -2.29. The van der Waals surface area contributed by atoms with Gasteiger partial charge in [0.05, 0.1) is 6.07 Å². The maximum Gasteiger partial charge on any atom is 0.162 e. The summed E-state index contributed by atoms with van der Waals surface area (Å²) in [6, 6.07) is 8.37. The van der Waals surface area contributed by atoms with Gasteiger partial charge in [0, 0.05) is 24.4 Å². The Hall–Kier alpha value is -1.38. The minimum atomic E-state index is 0.202. The van der Waals surface area contributed by atoms with Gasteiger partial charge in [-0.25, -0.2) is 4.31 Å². The van der Waals surface area contributed by atoms with Crippen LogP contribution in [-0.2, 0) is 0 Å². The largest absolute Gasteiger partial charge is 0.486 e. The van der Waals surface area contributed by atoms with Gasteiger partial charge in [0.2, 0.25) is 0 Å². The smallest absolute Gasteiger partial charge is 0.162 e. The fraction of sp³-hybridized carbons (Fsp3) is 0.611. The first-order valence-electron chi connectivity index (χ1n) is 8.23. The minimum absolute atomic E-state index is 0.202. The second kappa shape index (κ2) is 8.47. The number of rotatable bonds is 8. The zero-order valence-electron chi connectivity index (χ0n) is 14.3. The van der Waals surface area contributed by atoms with Gasteiger partial charge in [0.1, 0.15) is 13.2 Å². The van der Waals surface area contributed by atoms with Crippen LogP contribution in [0.1, 0.15) is 40.0 Å². The van der Waals surface area contributed by atoms with Crippen molar-refractivity contribution in [1.82, 2.24) is 4.31 Å². The molecule has 126 valence electrons. The average molecular weight is 334 g/mol. The lowest BCUT2D eigenvalue weighted by atomic mass is 9.87. The number of nitrogens with zero attached hydrogens (tertiary/aromatic N) is 2. The van der Waals surface area contributed by atoms with E-state index in [1.165, 1.54) is 4.90 Å². The Labute approximate surface area is 143 Å². The standard InChI is InChI=1S/C18H26N2O2S/c1-4-20(14-18(2,3)9-5-6-10-19)23-15-7-8-16-17(13-15)22-12-11-21-16/h7-8,13H,4-6,9,11-12,14H2,1-3H3. The molecule has 0 atom stereocenters. The fourth-order valence-corrected chi connectivity index (χ4v) is 3.77. The van der Waals surface area contributed by atoms with Crippen molar-refractivity contribution in [3.63, 3.8) is 0 Å². The van der Waals surface area contributed by atoms with Gasteiger partial charge in [0.25, 0.3) is 0 Å². The van der Waals surface area contributed by atoms with Crippen LogP contribution in [-0.4, -0.2) is 30.6 Å². The number of unbranched alkanes of at least 4 members (excludes halogenated alkanes) is 1. The van der Waals surface area contributed by atoms with E-state index in [0.29, 0.717) is 19.6 Å². The highest BCUT2D eigenvalue weighted by molar-refractivity contribution is 7.97. The molecule has 23 heavy (non-hydrogen) atoms. The molecule has 1 aliphatic heterocycles. The van der Waals surface area contributed by atoms with Crippen LogP contribution in [0.5, 0.6) is 11.5 Å². The van der Waals surface area contributed by atoms with E-state index >= 15 is 0 Å². The summed E-state index contributed by atoms with van der Waals surface area (Å²) in [5.74, 6) is 1.67. The van der Waals surface area contributed by atoms with Crippen molar-refractivity contribution in [2.24, 2.45) is 5.41 Å². The van der Waals surface area contributed by atoms with Gasteiger partial charge in [-0.1, -0.05) is 20.8 Å². The molecule has 2 rings (SSSR count). The second-order valence-electron chi connectivity index (χ2n) is 6.53. The second-order valence-corrected chi connectivity index (χ2v) is 7.70. The summed E-state index contributed by atoms with van der Waals surface area (Å²) >= 11 is 1.76. The Morgan fingerprint density at radius 1 is 1.26 bits per heavy atom. The summed E-state index contributed by atoms with van der Waals surface area (Å²) in [7, 11) is 0. The first-order valence-corrected chi connectivity index (χ1v) is 9.01. The Bertz CT molecular complexity index is 554. The molecule has 1 aromatic carbocycles.